The van der Waals surface area contributed by atoms with E-state index in [0.717, 1.165) is 0 Å². The van der Waals surface area contributed by atoms with E-state index in [2.05, 4.69) is 9.47 Å². The van der Waals surface area contributed by atoms with Crippen LogP contribution in [0.2, 0.25) is 0 Å². The van der Waals surface area contributed by atoms with Gasteiger partial charge in [-0.2, -0.15) is 0 Å². The minimum absolute atomic E-state index is 0.0163. The Balaban J connectivity index is 2.54. The van der Waals surface area contributed by atoms with Gasteiger partial charge in [0.2, 0.25) is 0 Å². The third-order valence-corrected chi connectivity index (χ3v) is 3.67. The number of carboxylic acids is 1. The third-order valence-electron chi connectivity index (χ3n) is 3.67. The molecule has 26 heavy (non-hydrogen) atoms. The molecule has 0 aromatic carbocycles. The standard InChI is InChI=1S/C15H23N3O8/c1-25-13(22)9-17(6-7-19)3-2-16(8-12(20)21)4-5-18-10-14(23)26-15(24)11-18/h7H,2-6,8-11H2,1H3,(H,20,21). The Morgan fingerprint density at radius 3 is 2.31 bits per heavy atom. The van der Waals surface area contributed by atoms with Crippen molar-refractivity contribution >= 4 is 30.2 Å². The fourth-order valence-electron chi connectivity index (χ4n) is 2.38. The van der Waals surface area contributed by atoms with Gasteiger partial charge in [-0.15, -0.1) is 0 Å². The van der Waals surface area contributed by atoms with Crippen LogP contribution in [0.1, 0.15) is 0 Å². The van der Waals surface area contributed by atoms with Crippen molar-refractivity contribution in [2.45, 2.75) is 0 Å². The molecule has 1 rings (SSSR count). The van der Waals surface area contributed by atoms with E-state index in [9.17, 15) is 24.0 Å². The lowest BCUT2D eigenvalue weighted by molar-refractivity contribution is -0.167. The molecule has 1 aliphatic heterocycles. The van der Waals surface area contributed by atoms with Crippen LogP contribution in [-0.2, 0) is 33.4 Å². The number of morpholine rings is 1. The molecular formula is C15H23N3O8. The van der Waals surface area contributed by atoms with E-state index in [-0.39, 0.29) is 45.8 Å². The summed E-state index contributed by atoms with van der Waals surface area (Å²) in [6.07, 6.45) is 0.648. The first kappa shape index (κ1) is 21.7. The summed E-state index contributed by atoms with van der Waals surface area (Å²) in [4.78, 5) is 60.3. The number of esters is 3. The summed E-state index contributed by atoms with van der Waals surface area (Å²) in [5.74, 6) is -2.81. The number of hydrogen-bond acceptors (Lipinski definition) is 10. The molecule has 0 unspecified atom stereocenters. The second-order valence-corrected chi connectivity index (χ2v) is 5.70. The van der Waals surface area contributed by atoms with Crippen LogP contribution in [0.4, 0.5) is 0 Å². The van der Waals surface area contributed by atoms with Crippen molar-refractivity contribution < 1.29 is 38.6 Å². The van der Waals surface area contributed by atoms with Gasteiger partial charge in [-0.1, -0.05) is 0 Å². The minimum atomic E-state index is -1.03. The summed E-state index contributed by atoms with van der Waals surface area (Å²) in [6.45, 7) is 0.771. The Labute approximate surface area is 150 Å². The van der Waals surface area contributed by atoms with Gasteiger partial charge in [0, 0.05) is 26.2 Å². The van der Waals surface area contributed by atoms with Crippen LogP contribution in [-0.4, -0.2) is 116 Å². The highest BCUT2D eigenvalue weighted by atomic mass is 16.6. The smallest absolute Gasteiger partial charge is 0.327 e. The number of hydrogen-bond donors (Lipinski definition) is 1. The van der Waals surface area contributed by atoms with Crippen molar-refractivity contribution in [3.05, 3.63) is 0 Å². The largest absolute Gasteiger partial charge is 0.480 e. The zero-order valence-corrected chi connectivity index (χ0v) is 14.6. The van der Waals surface area contributed by atoms with Gasteiger partial charge >= 0.3 is 23.9 Å². The lowest BCUT2D eigenvalue weighted by Crippen LogP contribution is -2.47. The number of rotatable bonds is 12. The van der Waals surface area contributed by atoms with Crippen molar-refractivity contribution in [3.63, 3.8) is 0 Å². The van der Waals surface area contributed by atoms with E-state index in [0.29, 0.717) is 19.4 Å². The van der Waals surface area contributed by atoms with Crippen molar-refractivity contribution in [1.82, 2.24) is 14.7 Å². The highest BCUT2D eigenvalue weighted by Gasteiger charge is 2.25. The Hall–Kier alpha value is -2.37. The second-order valence-electron chi connectivity index (χ2n) is 5.70. The minimum Gasteiger partial charge on any atom is -0.480 e. The molecule has 0 aliphatic carbocycles. The summed E-state index contributed by atoms with van der Waals surface area (Å²) in [6, 6.07) is 0. The number of ether oxygens (including phenoxy) is 2. The van der Waals surface area contributed by atoms with E-state index in [4.69, 9.17) is 5.11 Å². The summed E-state index contributed by atoms with van der Waals surface area (Å²) in [7, 11) is 1.24. The molecule has 0 spiro atoms. The van der Waals surface area contributed by atoms with Gasteiger partial charge < -0.3 is 19.4 Å². The van der Waals surface area contributed by atoms with E-state index < -0.39 is 23.9 Å². The topological polar surface area (TPSA) is 134 Å². The van der Waals surface area contributed by atoms with Crippen LogP contribution < -0.4 is 0 Å². The first-order chi connectivity index (χ1) is 12.3. The maximum absolute atomic E-state index is 11.3. The third kappa shape index (κ3) is 8.65. The molecule has 0 aromatic heterocycles. The maximum atomic E-state index is 11.3. The summed E-state index contributed by atoms with van der Waals surface area (Å²) in [5, 5.41) is 9.03. The van der Waals surface area contributed by atoms with Crippen molar-refractivity contribution in [1.29, 1.82) is 0 Å². The van der Waals surface area contributed by atoms with Gasteiger partial charge in [-0.25, -0.2) is 0 Å². The fraction of sp³-hybridized carbons (Fsp3) is 0.667. The van der Waals surface area contributed by atoms with Crippen LogP contribution in [0.3, 0.4) is 0 Å². The molecule has 0 atom stereocenters. The molecule has 1 fully saturated rings. The van der Waals surface area contributed by atoms with Crippen molar-refractivity contribution in [2.75, 3.05) is 66.0 Å². The molecule has 0 bridgehead atoms. The molecule has 1 saturated heterocycles. The number of aldehydes is 1. The molecule has 146 valence electrons. The molecule has 0 saturated carbocycles. The van der Waals surface area contributed by atoms with Gasteiger partial charge in [0.1, 0.15) is 6.29 Å². The first-order valence-electron chi connectivity index (χ1n) is 7.96. The predicted octanol–water partition coefficient (Wildman–Crippen LogP) is -2.57. The average Bonchev–Trinajstić information content (AvgIpc) is 2.55. The second kappa shape index (κ2) is 11.3. The quantitative estimate of drug-likeness (QED) is 0.220. The molecule has 1 N–H and O–H groups in total. The summed E-state index contributed by atoms with van der Waals surface area (Å²) < 4.78 is 8.99. The zero-order valence-electron chi connectivity index (χ0n) is 14.6. The molecule has 1 aliphatic rings. The number of carboxylic acid groups (broad SMARTS) is 1. The van der Waals surface area contributed by atoms with Crippen LogP contribution in [0, 0.1) is 0 Å². The summed E-state index contributed by atoms with van der Waals surface area (Å²) >= 11 is 0. The molecule has 0 aromatic rings. The highest BCUT2D eigenvalue weighted by molar-refractivity contribution is 5.90. The van der Waals surface area contributed by atoms with Crippen LogP contribution in [0.25, 0.3) is 0 Å². The lowest BCUT2D eigenvalue weighted by Gasteiger charge is -2.29. The highest BCUT2D eigenvalue weighted by Crippen LogP contribution is 2.01. The number of cyclic esters (lactones) is 2. The Morgan fingerprint density at radius 1 is 1.15 bits per heavy atom. The maximum Gasteiger partial charge on any atom is 0.327 e. The van der Waals surface area contributed by atoms with Gasteiger partial charge in [0.15, 0.2) is 0 Å². The number of carbonyl (C=O) groups is 5. The normalized spacial score (nSPS) is 15.2. The lowest BCUT2D eigenvalue weighted by atomic mass is 10.3. The zero-order chi connectivity index (χ0) is 19.5. The molecule has 0 radical (unpaired) electrons. The van der Waals surface area contributed by atoms with Crippen LogP contribution in [0.15, 0.2) is 0 Å². The number of methoxy groups -OCH3 is 1. The van der Waals surface area contributed by atoms with E-state index in [1.165, 1.54) is 12.0 Å². The van der Waals surface area contributed by atoms with E-state index in [1.807, 2.05) is 0 Å². The Bertz CT molecular complexity index is 523. The predicted molar refractivity (Wildman–Crippen MR) is 86.1 cm³/mol. The first-order valence-corrected chi connectivity index (χ1v) is 7.96. The average molecular weight is 373 g/mol. The number of nitrogens with zero attached hydrogens (tertiary/aromatic N) is 3. The molecular weight excluding hydrogens is 350 g/mol. The summed E-state index contributed by atoms with van der Waals surface area (Å²) in [5.41, 5.74) is 0. The van der Waals surface area contributed by atoms with Crippen LogP contribution in [0.5, 0.6) is 0 Å². The SMILES string of the molecule is COC(=O)CN(CC=O)CCN(CCN1CC(=O)OC(=O)C1)CC(=O)O. The van der Waals surface area contributed by atoms with Gasteiger partial charge in [-0.3, -0.25) is 33.9 Å². The van der Waals surface area contributed by atoms with E-state index in [1.54, 1.807) is 9.80 Å². The monoisotopic (exact) mass is 373 g/mol. The molecule has 11 nitrogen and oxygen atoms in total. The van der Waals surface area contributed by atoms with Gasteiger partial charge in [-0.05, 0) is 0 Å². The van der Waals surface area contributed by atoms with Crippen molar-refractivity contribution in [2.24, 2.45) is 0 Å². The fourth-order valence-corrected chi connectivity index (χ4v) is 2.38. The number of carbonyl (C=O) groups excluding carboxylic acids is 4. The van der Waals surface area contributed by atoms with Crippen LogP contribution >= 0.6 is 0 Å². The van der Waals surface area contributed by atoms with E-state index >= 15 is 0 Å². The van der Waals surface area contributed by atoms with Gasteiger partial charge in [0.05, 0.1) is 39.8 Å². The molecule has 11 heteroatoms. The Morgan fingerprint density at radius 2 is 1.77 bits per heavy atom. The molecule has 0 amide bonds. The Kier molecular flexibility index (Phi) is 9.41. The number of aliphatic carboxylic acids is 1. The van der Waals surface area contributed by atoms with Gasteiger partial charge in [0.25, 0.3) is 0 Å². The molecule has 1 heterocycles. The van der Waals surface area contributed by atoms with Crippen molar-refractivity contribution in [3.8, 4) is 0 Å².